The van der Waals surface area contributed by atoms with Crippen molar-refractivity contribution in [2.24, 2.45) is 0 Å². The molecule has 1 heterocycles. The topological polar surface area (TPSA) is 46.9 Å². The van der Waals surface area contributed by atoms with Gasteiger partial charge in [-0.25, -0.2) is 0 Å². The quantitative estimate of drug-likeness (QED) is 0.938. The number of rotatable bonds is 4. The number of benzene rings is 1. The summed E-state index contributed by atoms with van der Waals surface area (Å²) in [5.41, 5.74) is 1.59. The average molecular weight is 298 g/mol. The minimum absolute atomic E-state index is 0.0861. The zero-order valence-electron chi connectivity index (χ0n) is 10.4. The minimum Gasteiger partial charge on any atom is -0.326 e. The summed E-state index contributed by atoms with van der Waals surface area (Å²) < 4.78 is 1.63. The van der Waals surface area contributed by atoms with E-state index in [9.17, 15) is 4.79 Å². The second kappa shape index (κ2) is 6.08. The molecule has 2 aromatic rings. The predicted molar refractivity (Wildman–Crippen MR) is 76.7 cm³/mol. The van der Waals surface area contributed by atoms with Gasteiger partial charge in [0.25, 0.3) is 0 Å². The number of carbonyl (C=O) groups excluding carboxylic acids is 1. The maximum absolute atomic E-state index is 11.8. The Bertz CT molecular complexity index is 595. The van der Waals surface area contributed by atoms with E-state index < -0.39 is 0 Å². The van der Waals surface area contributed by atoms with Gasteiger partial charge in [-0.2, -0.15) is 5.10 Å². The number of carbonyl (C=O) groups is 1. The molecule has 0 aliphatic carbocycles. The number of aryl methyl sites for hydroxylation is 1. The highest BCUT2D eigenvalue weighted by molar-refractivity contribution is 6.31. The van der Waals surface area contributed by atoms with E-state index in [0.29, 0.717) is 23.0 Å². The second-order valence-corrected chi connectivity index (χ2v) is 4.98. The SMILES string of the molecule is Cc1c(Cl)cccc1NC(=O)CCn1cc(Cl)cn1. The van der Waals surface area contributed by atoms with E-state index in [0.717, 1.165) is 11.3 Å². The van der Waals surface area contributed by atoms with Gasteiger partial charge in [-0.15, -0.1) is 0 Å². The monoisotopic (exact) mass is 297 g/mol. The van der Waals surface area contributed by atoms with E-state index in [4.69, 9.17) is 23.2 Å². The van der Waals surface area contributed by atoms with Crippen LogP contribution in [0.15, 0.2) is 30.6 Å². The number of amides is 1. The van der Waals surface area contributed by atoms with Crippen LogP contribution in [0.3, 0.4) is 0 Å². The highest BCUT2D eigenvalue weighted by atomic mass is 35.5. The standard InChI is InChI=1S/C13H13Cl2N3O/c1-9-11(15)3-2-4-12(9)17-13(19)5-6-18-8-10(14)7-16-18/h2-4,7-8H,5-6H2,1H3,(H,17,19). The van der Waals surface area contributed by atoms with Gasteiger partial charge < -0.3 is 5.32 Å². The molecule has 1 aromatic heterocycles. The third-order valence-electron chi connectivity index (χ3n) is 2.71. The van der Waals surface area contributed by atoms with Crippen LogP contribution in [0, 0.1) is 6.92 Å². The van der Waals surface area contributed by atoms with Crippen LogP contribution in [0.5, 0.6) is 0 Å². The maximum Gasteiger partial charge on any atom is 0.226 e. The number of halogens is 2. The van der Waals surface area contributed by atoms with E-state index >= 15 is 0 Å². The lowest BCUT2D eigenvalue weighted by atomic mass is 10.2. The molecule has 0 fully saturated rings. The third kappa shape index (κ3) is 3.72. The Morgan fingerprint density at radius 1 is 1.42 bits per heavy atom. The van der Waals surface area contributed by atoms with Crippen molar-refractivity contribution < 1.29 is 4.79 Å². The number of nitrogens with one attached hydrogen (secondary N) is 1. The smallest absolute Gasteiger partial charge is 0.226 e. The molecule has 0 spiro atoms. The summed E-state index contributed by atoms with van der Waals surface area (Å²) in [4.78, 5) is 11.8. The molecule has 0 bridgehead atoms. The average Bonchev–Trinajstić information content (AvgIpc) is 2.78. The minimum atomic E-state index is -0.0861. The fourth-order valence-electron chi connectivity index (χ4n) is 1.63. The molecule has 19 heavy (non-hydrogen) atoms. The molecule has 0 aliphatic heterocycles. The van der Waals surface area contributed by atoms with E-state index in [1.165, 1.54) is 0 Å². The first-order chi connectivity index (χ1) is 9.06. The van der Waals surface area contributed by atoms with E-state index in [-0.39, 0.29) is 5.91 Å². The second-order valence-electron chi connectivity index (χ2n) is 4.13. The Hall–Kier alpha value is -1.52. The number of aromatic nitrogens is 2. The summed E-state index contributed by atoms with van der Waals surface area (Å²) in [6, 6.07) is 5.42. The van der Waals surface area contributed by atoms with Gasteiger partial charge >= 0.3 is 0 Å². The van der Waals surface area contributed by atoms with Crippen molar-refractivity contribution >= 4 is 34.8 Å². The van der Waals surface area contributed by atoms with Gasteiger partial charge in [0.05, 0.1) is 11.2 Å². The van der Waals surface area contributed by atoms with Crippen molar-refractivity contribution in [2.75, 3.05) is 5.32 Å². The summed E-state index contributed by atoms with van der Waals surface area (Å²) in [5, 5.41) is 8.04. The number of hydrogen-bond acceptors (Lipinski definition) is 2. The van der Waals surface area contributed by atoms with Crippen LogP contribution in [-0.2, 0) is 11.3 Å². The summed E-state index contributed by atoms with van der Waals surface area (Å²) in [6.45, 7) is 2.35. The van der Waals surface area contributed by atoms with Gasteiger partial charge in [-0.3, -0.25) is 9.48 Å². The molecule has 0 aliphatic rings. The Balaban J connectivity index is 1.92. The lowest BCUT2D eigenvalue weighted by molar-refractivity contribution is -0.116. The first-order valence-corrected chi connectivity index (χ1v) is 6.55. The highest BCUT2D eigenvalue weighted by Gasteiger charge is 2.07. The van der Waals surface area contributed by atoms with E-state index in [1.807, 2.05) is 13.0 Å². The van der Waals surface area contributed by atoms with Crippen LogP contribution in [0.2, 0.25) is 10.0 Å². The van der Waals surface area contributed by atoms with E-state index in [2.05, 4.69) is 10.4 Å². The van der Waals surface area contributed by atoms with Crippen LogP contribution in [0.25, 0.3) is 0 Å². The largest absolute Gasteiger partial charge is 0.326 e. The summed E-state index contributed by atoms with van der Waals surface area (Å²) >= 11 is 11.7. The molecule has 0 saturated heterocycles. The van der Waals surface area contributed by atoms with Crippen LogP contribution < -0.4 is 5.32 Å². The Labute approximate surface area is 121 Å². The maximum atomic E-state index is 11.8. The van der Waals surface area contributed by atoms with Crippen molar-refractivity contribution in [3.63, 3.8) is 0 Å². The first-order valence-electron chi connectivity index (χ1n) is 5.79. The number of nitrogens with zero attached hydrogens (tertiary/aromatic N) is 2. The summed E-state index contributed by atoms with van der Waals surface area (Å²) in [5.74, 6) is -0.0861. The van der Waals surface area contributed by atoms with Crippen molar-refractivity contribution in [1.29, 1.82) is 0 Å². The molecular formula is C13H13Cl2N3O. The van der Waals surface area contributed by atoms with Crippen molar-refractivity contribution in [1.82, 2.24) is 9.78 Å². The van der Waals surface area contributed by atoms with Gasteiger partial charge in [-0.1, -0.05) is 29.3 Å². The molecule has 1 aromatic carbocycles. The molecule has 4 nitrogen and oxygen atoms in total. The molecule has 1 N–H and O–H groups in total. The number of anilines is 1. The third-order valence-corrected chi connectivity index (χ3v) is 3.32. The van der Waals surface area contributed by atoms with Gasteiger partial charge in [0, 0.05) is 29.9 Å². The molecule has 0 atom stereocenters. The van der Waals surface area contributed by atoms with Crippen molar-refractivity contribution in [3.8, 4) is 0 Å². The van der Waals surface area contributed by atoms with Gasteiger partial charge in [-0.05, 0) is 24.6 Å². The van der Waals surface area contributed by atoms with Crippen molar-refractivity contribution in [2.45, 2.75) is 19.9 Å². The van der Waals surface area contributed by atoms with Crippen LogP contribution in [0.4, 0.5) is 5.69 Å². The van der Waals surface area contributed by atoms with E-state index in [1.54, 1.807) is 29.2 Å². The first kappa shape index (κ1) is 13.9. The molecule has 100 valence electrons. The fourth-order valence-corrected chi connectivity index (χ4v) is 1.96. The summed E-state index contributed by atoms with van der Waals surface area (Å²) in [6.07, 6.45) is 3.55. The molecule has 0 unspecified atom stereocenters. The van der Waals surface area contributed by atoms with Crippen LogP contribution >= 0.6 is 23.2 Å². The zero-order valence-corrected chi connectivity index (χ0v) is 11.9. The molecule has 2 rings (SSSR count). The lowest BCUT2D eigenvalue weighted by Crippen LogP contribution is -2.15. The Morgan fingerprint density at radius 3 is 2.89 bits per heavy atom. The Morgan fingerprint density at radius 2 is 2.21 bits per heavy atom. The lowest BCUT2D eigenvalue weighted by Gasteiger charge is -2.09. The Kier molecular flexibility index (Phi) is 4.45. The molecule has 1 amide bonds. The molecular weight excluding hydrogens is 285 g/mol. The normalized spacial score (nSPS) is 10.5. The predicted octanol–water partition coefficient (Wildman–Crippen LogP) is 3.53. The molecule has 0 saturated carbocycles. The van der Waals surface area contributed by atoms with Gasteiger partial charge in [0.2, 0.25) is 5.91 Å². The zero-order chi connectivity index (χ0) is 13.8. The molecule has 6 heteroatoms. The molecule has 0 radical (unpaired) electrons. The highest BCUT2D eigenvalue weighted by Crippen LogP contribution is 2.22. The van der Waals surface area contributed by atoms with Crippen LogP contribution in [0.1, 0.15) is 12.0 Å². The van der Waals surface area contributed by atoms with Crippen molar-refractivity contribution in [3.05, 3.63) is 46.2 Å². The van der Waals surface area contributed by atoms with Crippen LogP contribution in [-0.4, -0.2) is 15.7 Å². The van der Waals surface area contributed by atoms with Gasteiger partial charge in [0.15, 0.2) is 0 Å². The summed E-state index contributed by atoms with van der Waals surface area (Å²) in [7, 11) is 0. The number of hydrogen-bond donors (Lipinski definition) is 1. The fraction of sp³-hybridized carbons (Fsp3) is 0.231. The van der Waals surface area contributed by atoms with Gasteiger partial charge in [0.1, 0.15) is 0 Å².